The lowest BCUT2D eigenvalue weighted by Crippen LogP contribution is -2.47. The molecule has 1 aromatic heterocycles. The molecular weight excluding hydrogens is 462 g/mol. The summed E-state index contributed by atoms with van der Waals surface area (Å²) >= 11 is 6.05. The Labute approximate surface area is 200 Å². The van der Waals surface area contributed by atoms with Gasteiger partial charge in [-0.3, -0.25) is 14.9 Å². The van der Waals surface area contributed by atoms with E-state index in [1.165, 1.54) is 24.4 Å². The summed E-state index contributed by atoms with van der Waals surface area (Å²) in [7, 11) is 0. The number of hydrogen-bond acceptors (Lipinski definition) is 6. The summed E-state index contributed by atoms with van der Waals surface area (Å²) < 4.78 is 5.16. The predicted octanol–water partition coefficient (Wildman–Crippen LogP) is 4.17. The van der Waals surface area contributed by atoms with Gasteiger partial charge in [-0.1, -0.05) is 43.6 Å². The molecule has 0 aliphatic carbocycles. The molecule has 3 aromatic rings. The number of para-hydroxylation sites is 1. The first-order valence-electron chi connectivity index (χ1n) is 10.5. The summed E-state index contributed by atoms with van der Waals surface area (Å²) in [6, 6.07) is 10.5. The predicted molar refractivity (Wildman–Crippen MR) is 129 cm³/mol. The zero-order chi connectivity index (χ0) is 24.7. The molecule has 2 aromatic carbocycles. The fraction of sp³-hybridized carbons (Fsp3) is 0.261. The number of nitro benzene ring substituents is 1. The Morgan fingerprint density at radius 2 is 2.03 bits per heavy atom. The molecule has 1 atom stereocenters. The van der Waals surface area contributed by atoms with Crippen molar-refractivity contribution in [1.82, 2.24) is 15.7 Å². The third-order valence-corrected chi connectivity index (χ3v) is 5.17. The van der Waals surface area contributed by atoms with E-state index in [-0.39, 0.29) is 35.2 Å². The second kappa shape index (κ2) is 11.3. The number of hydrogen-bond donors (Lipinski definition) is 3. The van der Waals surface area contributed by atoms with Crippen LogP contribution in [0.5, 0.6) is 0 Å². The lowest BCUT2D eigenvalue weighted by atomic mass is 10.0. The van der Waals surface area contributed by atoms with Gasteiger partial charge in [-0.25, -0.2) is 10.2 Å². The van der Waals surface area contributed by atoms with Gasteiger partial charge in [-0.2, -0.15) is 5.10 Å². The molecule has 11 heteroatoms. The van der Waals surface area contributed by atoms with E-state index in [4.69, 9.17) is 16.3 Å². The molecule has 10 nitrogen and oxygen atoms in total. The smallest absolute Gasteiger partial charge is 0.407 e. The maximum absolute atomic E-state index is 12.9. The molecule has 1 heterocycles. The Morgan fingerprint density at radius 1 is 1.26 bits per heavy atom. The van der Waals surface area contributed by atoms with E-state index in [1.54, 1.807) is 6.20 Å². The summed E-state index contributed by atoms with van der Waals surface area (Å²) in [6.07, 6.45) is 2.43. The largest absolute Gasteiger partial charge is 0.449 e. The van der Waals surface area contributed by atoms with Gasteiger partial charge in [0.05, 0.1) is 17.7 Å². The monoisotopic (exact) mass is 485 g/mol. The van der Waals surface area contributed by atoms with Crippen LogP contribution in [0.3, 0.4) is 0 Å². The van der Waals surface area contributed by atoms with Crippen molar-refractivity contribution in [1.29, 1.82) is 0 Å². The average Bonchev–Trinajstić information content (AvgIpc) is 3.21. The number of amides is 2. The second-order valence-electron chi connectivity index (χ2n) is 7.95. The number of H-pyrrole nitrogens is 1. The van der Waals surface area contributed by atoms with Crippen LogP contribution >= 0.6 is 11.6 Å². The van der Waals surface area contributed by atoms with Gasteiger partial charge in [0, 0.05) is 46.2 Å². The average molecular weight is 486 g/mol. The number of aromatic amines is 1. The van der Waals surface area contributed by atoms with Gasteiger partial charge < -0.3 is 15.0 Å². The number of ether oxygens (including phenoxy) is 1. The topological polar surface area (TPSA) is 139 Å². The van der Waals surface area contributed by atoms with E-state index in [9.17, 15) is 19.7 Å². The highest BCUT2D eigenvalue weighted by molar-refractivity contribution is 6.33. The van der Waals surface area contributed by atoms with Crippen LogP contribution in [0, 0.1) is 16.0 Å². The molecule has 178 valence electrons. The number of carbonyl (C=O) groups excluding carboxylic acids is 2. The minimum absolute atomic E-state index is 0.135. The lowest BCUT2D eigenvalue weighted by molar-refractivity contribution is -0.384. The molecule has 0 fully saturated rings. The Bertz CT molecular complexity index is 1220. The highest BCUT2D eigenvalue weighted by Crippen LogP contribution is 2.21. The molecule has 0 saturated heterocycles. The first-order chi connectivity index (χ1) is 16.2. The number of nitro groups is 1. The van der Waals surface area contributed by atoms with Crippen molar-refractivity contribution in [3.8, 4) is 0 Å². The van der Waals surface area contributed by atoms with Crippen molar-refractivity contribution < 1.29 is 19.2 Å². The Morgan fingerprint density at radius 3 is 2.76 bits per heavy atom. The van der Waals surface area contributed by atoms with Crippen LogP contribution in [0.15, 0.2) is 53.8 Å². The zero-order valence-electron chi connectivity index (χ0n) is 18.6. The van der Waals surface area contributed by atoms with Gasteiger partial charge in [-0.05, 0) is 23.6 Å². The number of nitrogens with one attached hydrogen (secondary N) is 3. The van der Waals surface area contributed by atoms with E-state index in [0.717, 1.165) is 16.5 Å². The van der Waals surface area contributed by atoms with Gasteiger partial charge >= 0.3 is 6.09 Å². The number of aromatic nitrogens is 1. The molecule has 3 rings (SSSR count). The summed E-state index contributed by atoms with van der Waals surface area (Å²) in [6.45, 7) is 4.01. The van der Waals surface area contributed by atoms with Gasteiger partial charge in [0.15, 0.2) is 0 Å². The zero-order valence-corrected chi connectivity index (χ0v) is 19.3. The lowest BCUT2D eigenvalue weighted by Gasteiger charge is -2.17. The van der Waals surface area contributed by atoms with Crippen LogP contribution in [0.25, 0.3) is 10.9 Å². The Balaban J connectivity index is 1.76. The van der Waals surface area contributed by atoms with E-state index in [2.05, 4.69) is 20.8 Å². The minimum Gasteiger partial charge on any atom is -0.449 e. The molecule has 0 aliphatic rings. The number of alkyl carbamates (subject to hydrolysis) is 1. The van der Waals surface area contributed by atoms with Gasteiger partial charge in [0.2, 0.25) is 0 Å². The standard InChI is InChI=1S/C23H24ClN5O5/c1-14(2)13-34-23(31)27-21(10-15-11-25-20-6-4-3-5-18(15)20)22(30)28-26-12-16-9-17(29(32)33)7-8-19(16)24/h3-9,11-12,14,21,25H,10,13H2,1-2H3,(H,27,31)(H,28,30)/b26-12-/t21-/m1/s1. The second-order valence-corrected chi connectivity index (χ2v) is 8.36. The number of nitrogens with zero attached hydrogens (tertiary/aromatic N) is 2. The summed E-state index contributed by atoms with van der Waals surface area (Å²) in [5, 5.41) is 18.6. The molecule has 34 heavy (non-hydrogen) atoms. The summed E-state index contributed by atoms with van der Waals surface area (Å²) in [4.78, 5) is 38.7. The molecule has 0 spiro atoms. The van der Waals surface area contributed by atoms with Crippen LogP contribution in [-0.4, -0.2) is 40.8 Å². The maximum atomic E-state index is 12.9. The Hall–Kier alpha value is -3.92. The first-order valence-corrected chi connectivity index (χ1v) is 10.9. The van der Waals surface area contributed by atoms with E-state index in [1.807, 2.05) is 38.1 Å². The quantitative estimate of drug-likeness (QED) is 0.237. The Kier molecular flexibility index (Phi) is 8.20. The number of carbonyl (C=O) groups is 2. The fourth-order valence-electron chi connectivity index (χ4n) is 3.14. The molecule has 0 aliphatic heterocycles. The van der Waals surface area contributed by atoms with Crippen LogP contribution in [-0.2, 0) is 16.0 Å². The number of rotatable bonds is 9. The highest BCUT2D eigenvalue weighted by Gasteiger charge is 2.23. The van der Waals surface area contributed by atoms with E-state index >= 15 is 0 Å². The van der Waals surface area contributed by atoms with Crippen molar-refractivity contribution in [2.75, 3.05) is 6.61 Å². The van der Waals surface area contributed by atoms with Crippen LogP contribution in [0.2, 0.25) is 5.02 Å². The van der Waals surface area contributed by atoms with Crippen molar-refractivity contribution >= 4 is 46.4 Å². The molecular formula is C23H24ClN5O5. The summed E-state index contributed by atoms with van der Waals surface area (Å²) in [5.41, 5.74) is 4.18. The third kappa shape index (κ3) is 6.55. The molecule has 0 unspecified atom stereocenters. The number of non-ortho nitro benzene ring substituents is 1. The minimum atomic E-state index is -0.989. The van der Waals surface area contributed by atoms with Crippen molar-refractivity contribution in [3.63, 3.8) is 0 Å². The number of benzene rings is 2. The van der Waals surface area contributed by atoms with Gasteiger partial charge in [-0.15, -0.1) is 0 Å². The molecule has 2 amide bonds. The SMILES string of the molecule is CC(C)COC(=O)N[C@H](Cc1c[nH]c2ccccc12)C(=O)N/N=C\c1cc([N+](=O)[O-])ccc1Cl. The van der Waals surface area contributed by atoms with Crippen molar-refractivity contribution in [2.24, 2.45) is 11.0 Å². The highest BCUT2D eigenvalue weighted by atomic mass is 35.5. The van der Waals surface area contributed by atoms with Crippen LogP contribution in [0.4, 0.5) is 10.5 Å². The van der Waals surface area contributed by atoms with E-state index in [0.29, 0.717) is 0 Å². The number of hydrazone groups is 1. The first kappa shape index (κ1) is 24.7. The third-order valence-electron chi connectivity index (χ3n) is 4.82. The maximum Gasteiger partial charge on any atom is 0.407 e. The van der Waals surface area contributed by atoms with Crippen LogP contribution in [0.1, 0.15) is 25.0 Å². The molecule has 0 saturated carbocycles. The molecule has 3 N–H and O–H groups in total. The van der Waals surface area contributed by atoms with E-state index < -0.39 is 23.0 Å². The van der Waals surface area contributed by atoms with Gasteiger partial charge in [0.1, 0.15) is 6.04 Å². The normalized spacial score (nSPS) is 12.1. The molecule has 0 radical (unpaired) electrons. The fourth-order valence-corrected chi connectivity index (χ4v) is 3.31. The van der Waals surface area contributed by atoms with Crippen molar-refractivity contribution in [3.05, 3.63) is 74.9 Å². The molecule has 0 bridgehead atoms. The number of fused-ring (bicyclic) bond motifs is 1. The number of halogens is 1. The van der Waals surface area contributed by atoms with Gasteiger partial charge in [0.25, 0.3) is 11.6 Å². The van der Waals surface area contributed by atoms with Crippen molar-refractivity contribution in [2.45, 2.75) is 26.3 Å². The summed E-state index contributed by atoms with van der Waals surface area (Å²) in [5.74, 6) is -0.458. The van der Waals surface area contributed by atoms with Crippen LogP contribution < -0.4 is 10.7 Å².